The van der Waals surface area contributed by atoms with E-state index >= 15 is 0 Å². The average Bonchev–Trinajstić information content (AvgIpc) is 2.58. The van der Waals surface area contributed by atoms with Crippen LogP contribution in [0.15, 0.2) is 30.3 Å². The number of piperazine rings is 1. The van der Waals surface area contributed by atoms with E-state index < -0.39 is 7.60 Å². The van der Waals surface area contributed by atoms with Crippen LogP contribution in [0.1, 0.15) is 25.0 Å². The van der Waals surface area contributed by atoms with Gasteiger partial charge < -0.3 is 13.9 Å². The molecule has 25 heavy (non-hydrogen) atoms. The van der Waals surface area contributed by atoms with Crippen LogP contribution in [0, 0.1) is 0 Å². The molecule has 1 aromatic rings. The van der Waals surface area contributed by atoms with Crippen molar-refractivity contribution in [3.05, 3.63) is 41.5 Å². The second kappa shape index (κ2) is 10.2. The monoisotopic (exact) mass is 366 g/mol. The summed E-state index contributed by atoms with van der Waals surface area (Å²) in [5.41, 5.74) is 2.43. The molecule has 0 saturated carbocycles. The first-order chi connectivity index (χ1) is 12.0. The SMILES string of the molecule is CCOP(=O)(C/C=C/c1cccc(CN2CCN(C)CC2)c1)OCC. The molecule has 140 valence electrons. The Morgan fingerprint density at radius 1 is 1.12 bits per heavy atom. The van der Waals surface area contributed by atoms with Crippen LogP contribution in [0.2, 0.25) is 0 Å². The highest BCUT2D eigenvalue weighted by molar-refractivity contribution is 7.54. The molecule has 0 bridgehead atoms. The maximum Gasteiger partial charge on any atom is 0.334 e. The first-order valence-electron chi connectivity index (χ1n) is 9.09. The van der Waals surface area contributed by atoms with E-state index in [2.05, 4.69) is 41.1 Å². The van der Waals surface area contributed by atoms with Gasteiger partial charge in [-0.25, -0.2) is 0 Å². The Morgan fingerprint density at radius 2 is 1.80 bits per heavy atom. The number of hydrogen-bond donors (Lipinski definition) is 0. The molecule has 0 aromatic heterocycles. The average molecular weight is 366 g/mol. The van der Waals surface area contributed by atoms with Crippen LogP contribution in [-0.2, 0) is 20.2 Å². The molecule has 2 rings (SSSR count). The molecule has 6 heteroatoms. The lowest BCUT2D eigenvalue weighted by atomic mass is 10.1. The lowest BCUT2D eigenvalue weighted by molar-refractivity contribution is 0.148. The fourth-order valence-electron chi connectivity index (χ4n) is 2.91. The molecular formula is C19H31N2O3P. The summed E-state index contributed by atoms with van der Waals surface area (Å²) in [5.74, 6) is 0. The standard InChI is InChI=1S/C19H31N2O3P/c1-4-23-25(22,24-5-2)15-7-10-18-8-6-9-19(16-18)17-21-13-11-20(3)12-14-21/h6-10,16H,4-5,11-15,17H2,1-3H3/b10-7+. The highest BCUT2D eigenvalue weighted by Gasteiger charge is 2.21. The third-order valence-corrected chi connectivity index (χ3v) is 6.21. The number of rotatable bonds is 9. The summed E-state index contributed by atoms with van der Waals surface area (Å²) in [6.45, 7) is 9.91. The van der Waals surface area contributed by atoms with Crippen molar-refractivity contribution in [2.24, 2.45) is 0 Å². The second-order valence-electron chi connectivity index (χ2n) is 6.36. The third-order valence-electron chi connectivity index (χ3n) is 4.24. The Kier molecular flexibility index (Phi) is 8.34. The van der Waals surface area contributed by atoms with E-state index in [1.54, 1.807) is 0 Å². The summed E-state index contributed by atoms with van der Waals surface area (Å²) < 4.78 is 23.1. The van der Waals surface area contributed by atoms with Crippen molar-refractivity contribution in [1.29, 1.82) is 0 Å². The van der Waals surface area contributed by atoms with Crippen molar-refractivity contribution >= 4 is 13.7 Å². The second-order valence-corrected chi connectivity index (χ2v) is 8.46. The number of hydrogen-bond acceptors (Lipinski definition) is 5. The van der Waals surface area contributed by atoms with E-state index in [0.717, 1.165) is 38.3 Å². The van der Waals surface area contributed by atoms with Gasteiger partial charge in [-0.15, -0.1) is 0 Å². The normalized spacial score (nSPS) is 17.4. The van der Waals surface area contributed by atoms with E-state index in [1.807, 2.05) is 26.0 Å². The van der Waals surface area contributed by atoms with Crippen molar-refractivity contribution < 1.29 is 13.6 Å². The van der Waals surface area contributed by atoms with Crippen molar-refractivity contribution in [3.63, 3.8) is 0 Å². The molecule has 1 heterocycles. The molecule has 1 saturated heterocycles. The number of allylic oxidation sites excluding steroid dienone is 1. The van der Waals surface area contributed by atoms with Gasteiger partial charge in [0.15, 0.2) is 0 Å². The fraction of sp³-hybridized carbons (Fsp3) is 0.579. The van der Waals surface area contributed by atoms with Crippen LogP contribution in [0.3, 0.4) is 0 Å². The quantitative estimate of drug-likeness (QED) is 0.623. The number of likely N-dealkylation sites (N-methyl/N-ethyl adjacent to an activating group) is 1. The predicted molar refractivity (Wildman–Crippen MR) is 104 cm³/mol. The maximum absolute atomic E-state index is 12.5. The molecule has 1 aliphatic rings. The first kappa shape index (κ1) is 20.3. The minimum atomic E-state index is -3.00. The summed E-state index contributed by atoms with van der Waals surface area (Å²) in [6.07, 6.45) is 4.19. The van der Waals surface area contributed by atoms with Crippen LogP contribution in [0.25, 0.3) is 6.08 Å². The maximum atomic E-state index is 12.5. The van der Waals surface area contributed by atoms with E-state index in [9.17, 15) is 4.57 Å². The van der Waals surface area contributed by atoms with E-state index in [1.165, 1.54) is 5.56 Å². The van der Waals surface area contributed by atoms with Gasteiger partial charge in [-0.1, -0.05) is 36.4 Å². The molecule has 0 radical (unpaired) electrons. The molecular weight excluding hydrogens is 335 g/mol. The molecule has 5 nitrogen and oxygen atoms in total. The third kappa shape index (κ3) is 7.04. The number of benzene rings is 1. The van der Waals surface area contributed by atoms with Crippen molar-refractivity contribution in [2.75, 3.05) is 52.6 Å². The topological polar surface area (TPSA) is 42.0 Å². The van der Waals surface area contributed by atoms with Crippen LogP contribution < -0.4 is 0 Å². The summed E-state index contributed by atoms with van der Waals surface area (Å²) in [4.78, 5) is 4.85. The lowest BCUT2D eigenvalue weighted by Crippen LogP contribution is -2.43. The highest BCUT2D eigenvalue weighted by atomic mass is 31.2. The van der Waals surface area contributed by atoms with Gasteiger partial charge in [0.25, 0.3) is 0 Å². The fourth-order valence-corrected chi connectivity index (χ4v) is 4.35. The lowest BCUT2D eigenvalue weighted by Gasteiger charge is -2.32. The van der Waals surface area contributed by atoms with Gasteiger partial charge in [-0.2, -0.15) is 0 Å². The molecule has 0 aliphatic carbocycles. The summed E-state index contributed by atoms with van der Waals surface area (Å²) in [5, 5.41) is 0. The Morgan fingerprint density at radius 3 is 2.44 bits per heavy atom. The van der Waals surface area contributed by atoms with E-state index in [-0.39, 0.29) is 0 Å². The van der Waals surface area contributed by atoms with Crippen LogP contribution in [-0.4, -0.2) is 62.4 Å². The van der Waals surface area contributed by atoms with E-state index in [0.29, 0.717) is 19.4 Å². The Hall–Kier alpha value is -0.970. The van der Waals surface area contributed by atoms with Gasteiger partial charge in [0.2, 0.25) is 0 Å². The zero-order chi connectivity index (χ0) is 18.1. The highest BCUT2D eigenvalue weighted by Crippen LogP contribution is 2.47. The molecule has 0 unspecified atom stereocenters. The van der Waals surface area contributed by atoms with Gasteiger partial charge in [0, 0.05) is 32.7 Å². The number of nitrogens with zero attached hydrogens (tertiary/aromatic N) is 2. The largest absolute Gasteiger partial charge is 0.334 e. The summed E-state index contributed by atoms with van der Waals surface area (Å²) >= 11 is 0. The summed E-state index contributed by atoms with van der Waals surface area (Å²) in [6, 6.07) is 8.51. The Bertz CT molecular complexity index is 588. The van der Waals surface area contributed by atoms with Crippen LogP contribution in [0.4, 0.5) is 0 Å². The van der Waals surface area contributed by atoms with Crippen molar-refractivity contribution in [2.45, 2.75) is 20.4 Å². The smallest absolute Gasteiger partial charge is 0.309 e. The molecule has 0 amide bonds. The van der Waals surface area contributed by atoms with Gasteiger partial charge in [0.05, 0.1) is 19.4 Å². The molecule has 0 N–H and O–H groups in total. The first-order valence-corrected chi connectivity index (χ1v) is 10.8. The van der Waals surface area contributed by atoms with Gasteiger partial charge in [-0.05, 0) is 32.0 Å². The van der Waals surface area contributed by atoms with Crippen LogP contribution >= 0.6 is 7.60 Å². The van der Waals surface area contributed by atoms with Gasteiger partial charge >= 0.3 is 7.60 Å². The molecule has 0 spiro atoms. The molecule has 0 atom stereocenters. The van der Waals surface area contributed by atoms with Gasteiger partial charge in [0.1, 0.15) is 0 Å². The molecule has 1 aromatic carbocycles. The Balaban J connectivity index is 1.93. The molecule has 1 aliphatic heterocycles. The van der Waals surface area contributed by atoms with Crippen LogP contribution in [0.5, 0.6) is 0 Å². The van der Waals surface area contributed by atoms with Crippen molar-refractivity contribution in [1.82, 2.24) is 9.80 Å². The minimum absolute atomic E-state index is 0.303. The Labute approximate surface area is 152 Å². The molecule has 1 fully saturated rings. The summed E-state index contributed by atoms with van der Waals surface area (Å²) in [7, 11) is -0.830. The van der Waals surface area contributed by atoms with Crippen molar-refractivity contribution in [3.8, 4) is 0 Å². The minimum Gasteiger partial charge on any atom is -0.309 e. The predicted octanol–water partition coefficient (Wildman–Crippen LogP) is 3.71. The zero-order valence-electron chi connectivity index (χ0n) is 15.7. The van der Waals surface area contributed by atoms with E-state index in [4.69, 9.17) is 9.05 Å². The van der Waals surface area contributed by atoms with Gasteiger partial charge in [-0.3, -0.25) is 9.46 Å². The zero-order valence-corrected chi connectivity index (χ0v) is 16.6.